The van der Waals surface area contributed by atoms with Crippen molar-refractivity contribution >= 4 is 40.7 Å². The van der Waals surface area contributed by atoms with Gasteiger partial charge < -0.3 is 5.32 Å². The highest BCUT2D eigenvalue weighted by Gasteiger charge is 2.55. The van der Waals surface area contributed by atoms with Crippen LogP contribution < -0.4 is 10.2 Å². The number of hydrogen-bond donors (Lipinski definition) is 1. The minimum Gasteiger partial charge on any atom is -0.324 e. The monoisotopic (exact) mass is 401 g/mol. The van der Waals surface area contributed by atoms with Gasteiger partial charge in [0.25, 0.3) is 11.8 Å². The molecule has 0 bridgehead atoms. The lowest BCUT2D eigenvalue weighted by molar-refractivity contribution is -0.123. The third-order valence-corrected chi connectivity index (χ3v) is 4.59. The van der Waals surface area contributed by atoms with Crippen LogP contribution in [-0.2, 0) is 14.4 Å². The van der Waals surface area contributed by atoms with Crippen LogP contribution in [0.3, 0.4) is 0 Å². The van der Waals surface area contributed by atoms with Gasteiger partial charge in [-0.25, -0.2) is 9.29 Å². The second-order valence-corrected chi connectivity index (χ2v) is 6.68. The molecule has 0 unspecified atom stereocenters. The van der Waals surface area contributed by atoms with Gasteiger partial charge in [0, 0.05) is 10.7 Å². The van der Waals surface area contributed by atoms with Gasteiger partial charge in [-0.3, -0.25) is 19.4 Å². The van der Waals surface area contributed by atoms with E-state index in [4.69, 9.17) is 11.6 Å². The predicted octanol–water partition coefficient (Wildman–Crippen LogP) is 2.41. The molecule has 1 N–H and O–H groups in total. The molecule has 1 fully saturated rings. The van der Waals surface area contributed by atoms with E-state index in [0.29, 0.717) is 16.4 Å². The maximum absolute atomic E-state index is 12.9. The van der Waals surface area contributed by atoms with Crippen molar-refractivity contribution in [2.45, 2.75) is 12.1 Å². The van der Waals surface area contributed by atoms with Crippen LogP contribution in [0.5, 0.6) is 0 Å². The Balaban J connectivity index is 1.49. The van der Waals surface area contributed by atoms with E-state index in [9.17, 15) is 18.8 Å². The normalized spacial score (nSPS) is 20.6. The molecular formula is C18H13ClFN5O3. The zero-order chi connectivity index (χ0) is 19.8. The third-order valence-electron chi connectivity index (χ3n) is 4.36. The van der Waals surface area contributed by atoms with Gasteiger partial charge in [0.1, 0.15) is 12.4 Å². The summed E-state index contributed by atoms with van der Waals surface area (Å²) in [6.07, 6.45) is 0. The van der Waals surface area contributed by atoms with E-state index in [-0.39, 0.29) is 6.54 Å². The summed E-state index contributed by atoms with van der Waals surface area (Å²) in [4.78, 5) is 38.7. The van der Waals surface area contributed by atoms with Crippen molar-refractivity contribution in [1.82, 2.24) is 5.01 Å². The van der Waals surface area contributed by atoms with Crippen LogP contribution in [0.2, 0.25) is 5.02 Å². The van der Waals surface area contributed by atoms with Gasteiger partial charge >= 0.3 is 0 Å². The average molecular weight is 402 g/mol. The van der Waals surface area contributed by atoms with Gasteiger partial charge in [0.15, 0.2) is 12.1 Å². The maximum atomic E-state index is 12.9. The molecule has 2 aliphatic heterocycles. The second kappa shape index (κ2) is 7.01. The fourth-order valence-electron chi connectivity index (χ4n) is 3.10. The molecule has 10 heteroatoms. The van der Waals surface area contributed by atoms with Gasteiger partial charge in [-0.15, -0.1) is 0 Å². The zero-order valence-electron chi connectivity index (χ0n) is 14.3. The lowest BCUT2D eigenvalue weighted by atomic mass is 10.1. The molecular weight excluding hydrogens is 389 g/mol. The Labute approximate surface area is 163 Å². The van der Waals surface area contributed by atoms with Gasteiger partial charge in [0.05, 0.1) is 5.69 Å². The molecule has 2 atom stereocenters. The molecule has 4 rings (SSSR count). The minimum atomic E-state index is -1.01. The summed E-state index contributed by atoms with van der Waals surface area (Å²) in [6, 6.07) is 9.58. The van der Waals surface area contributed by atoms with E-state index in [1.165, 1.54) is 35.3 Å². The lowest BCUT2D eigenvalue weighted by Crippen LogP contribution is -2.43. The smallest absolute Gasteiger partial charge is 0.263 e. The number of anilines is 2. The maximum Gasteiger partial charge on any atom is 0.263 e. The molecule has 2 aromatic carbocycles. The van der Waals surface area contributed by atoms with Crippen LogP contribution in [0.1, 0.15) is 0 Å². The summed E-state index contributed by atoms with van der Waals surface area (Å²) >= 11 is 5.95. The van der Waals surface area contributed by atoms with Gasteiger partial charge in [-0.1, -0.05) is 22.9 Å². The number of halogens is 2. The molecule has 0 radical (unpaired) electrons. The molecule has 28 heavy (non-hydrogen) atoms. The van der Waals surface area contributed by atoms with Crippen LogP contribution in [-0.4, -0.2) is 41.4 Å². The van der Waals surface area contributed by atoms with Crippen molar-refractivity contribution in [3.63, 3.8) is 0 Å². The van der Waals surface area contributed by atoms with E-state index in [1.807, 2.05) is 0 Å². The predicted molar refractivity (Wildman–Crippen MR) is 98.1 cm³/mol. The molecule has 1 saturated heterocycles. The molecule has 0 spiro atoms. The zero-order valence-corrected chi connectivity index (χ0v) is 15.0. The van der Waals surface area contributed by atoms with E-state index >= 15 is 0 Å². The number of hydrogen-bond acceptors (Lipinski definition) is 6. The number of carbonyl (C=O) groups excluding carboxylic acids is 3. The number of amides is 3. The Kier molecular flexibility index (Phi) is 4.52. The molecule has 0 saturated carbocycles. The number of imide groups is 1. The Hall–Kier alpha value is -3.33. The average Bonchev–Trinajstić information content (AvgIpc) is 3.17. The Bertz CT molecular complexity index is 997. The number of nitrogens with one attached hydrogen (secondary N) is 1. The first-order chi connectivity index (χ1) is 13.4. The Morgan fingerprint density at radius 2 is 1.89 bits per heavy atom. The second-order valence-electron chi connectivity index (χ2n) is 6.24. The fraction of sp³-hybridized carbons (Fsp3) is 0.167. The summed E-state index contributed by atoms with van der Waals surface area (Å²) < 4.78 is 12.9. The number of nitrogens with zero attached hydrogens (tertiary/aromatic N) is 4. The Morgan fingerprint density at radius 1 is 1.14 bits per heavy atom. The third kappa shape index (κ3) is 3.20. The van der Waals surface area contributed by atoms with Gasteiger partial charge in [0.2, 0.25) is 5.91 Å². The molecule has 8 nitrogen and oxygen atoms in total. The minimum absolute atomic E-state index is 0.287. The largest absolute Gasteiger partial charge is 0.324 e. The van der Waals surface area contributed by atoms with E-state index in [2.05, 4.69) is 15.7 Å². The first kappa shape index (κ1) is 18.1. The van der Waals surface area contributed by atoms with Crippen molar-refractivity contribution in [2.24, 2.45) is 10.3 Å². The highest BCUT2D eigenvalue weighted by molar-refractivity contribution is 6.31. The van der Waals surface area contributed by atoms with E-state index < -0.39 is 35.6 Å². The van der Waals surface area contributed by atoms with Crippen LogP contribution >= 0.6 is 11.6 Å². The quantitative estimate of drug-likeness (QED) is 0.796. The standard InChI is InChI=1S/C18H13ClFN5O3/c19-10-2-1-3-13(8-10)25-17(27)15-16(18(25)28)24(23-22-15)9-14(26)21-12-6-4-11(20)5-7-12/h1-8,15-16H,9H2,(H,21,26)/t15-,16-/m1/s1. The van der Waals surface area contributed by atoms with E-state index in [1.54, 1.807) is 18.2 Å². The van der Waals surface area contributed by atoms with Crippen LogP contribution in [0.15, 0.2) is 58.9 Å². The molecule has 0 aromatic heterocycles. The summed E-state index contributed by atoms with van der Waals surface area (Å²) in [5.41, 5.74) is 0.733. The fourth-order valence-corrected chi connectivity index (χ4v) is 3.29. The summed E-state index contributed by atoms with van der Waals surface area (Å²) in [7, 11) is 0. The van der Waals surface area contributed by atoms with Crippen molar-refractivity contribution in [2.75, 3.05) is 16.8 Å². The van der Waals surface area contributed by atoms with Gasteiger partial charge in [-0.05, 0) is 42.5 Å². The summed E-state index contributed by atoms with van der Waals surface area (Å²) in [5.74, 6) is -1.96. The summed E-state index contributed by atoms with van der Waals surface area (Å²) in [5, 5.41) is 11.8. The number of benzene rings is 2. The molecule has 142 valence electrons. The van der Waals surface area contributed by atoms with E-state index in [0.717, 1.165) is 4.90 Å². The van der Waals surface area contributed by atoms with Crippen LogP contribution in [0.25, 0.3) is 0 Å². The number of rotatable bonds is 4. The van der Waals surface area contributed by atoms with Crippen molar-refractivity contribution in [1.29, 1.82) is 0 Å². The molecule has 3 amide bonds. The number of carbonyl (C=O) groups is 3. The van der Waals surface area contributed by atoms with Crippen molar-refractivity contribution in [3.8, 4) is 0 Å². The molecule has 2 aliphatic rings. The highest BCUT2D eigenvalue weighted by atomic mass is 35.5. The Morgan fingerprint density at radius 3 is 2.61 bits per heavy atom. The van der Waals surface area contributed by atoms with Crippen LogP contribution in [0, 0.1) is 5.82 Å². The topological polar surface area (TPSA) is 94.4 Å². The van der Waals surface area contributed by atoms with Gasteiger partial charge in [-0.2, -0.15) is 5.11 Å². The lowest BCUT2D eigenvalue weighted by Gasteiger charge is -2.20. The number of fused-ring (bicyclic) bond motifs is 1. The first-order valence-electron chi connectivity index (χ1n) is 8.30. The first-order valence-corrected chi connectivity index (χ1v) is 8.68. The summed E-state index contributed by atoms with van der Waals surface area (Å²) in [6.45, 7) is -0.287. The highest BCUT2D eigenvalue weighted by Crippen LogP contribution is 2.32. The van der Waals surface area contributed by atoms with Crippen molar-refractivity contribution < 1.29 is 18.8 Å². The van der Waals surface area contributed by atoms with Crippen LogP contribution in [0.4, 0.5) is 15.8 Å². The SMILES string of the molecule is O=C(CN1N=N[C@H]2C(=O)N(c3cccc(Cl)c3)C(=O)[C@@H]21)Nc1ccc(F)cc1. The molecule has 2 aromatic rings. The molecule has 2 heterocycles. The van der Waals surface area contributed by atoms with Crippen molar-refractivity contribution in [3.05, 3.63) is 59.4 Å². The molecule has 0 aliphatic carbocycles.